The molecule has 0 saturated heterocycles. The number of carbonyl (C=O) groups is 1. The molecule has 1 saturated carbocycles. The third-order valence-electron chi connectivity index (χ3n) is 5.88. The highest BCUT2D eigenvalue weighted by molar-refractivity contribution is 6.06. The Bertz CT molecular complexity index is 1340. The normalized spacial score (nSPS) is 14.6. The highest BCUT2D eigenvalue weighted by Gasteiger charge is 2.21. The van der Waals surface area contributed by atoms with Crippen LogP contribution in [0.2, 0.25) is 0 Å². The Hall–Kier alpha value is -3.49. The van der Waals surface area contributed by atoms with Crippen molar-refractivity contribution < 1.29 is 9.32 Å². The Morgan fingerprint density at radius 2 is 2.06 bits per heavy atom. The first-order valence-corrected chi connectivity index (χ1v) is 10.6. The van der Waals surface area contributed by atoms with Gasteiger partial charge in [0.1, 0.15) is 24.1 Å². The molecule has 9 heteroatoms. The molecule has 0 unspecified atom stereocenters. The second kappa shape index (κ2) is 7.64. The lowest BCUT2D eigenvalue weighted by Crippen LogP contribution is -2.35. The second-order valence-electron chi connectivity index (χ2n) is 8.27. The summed E-state index contributed by atoms with van der Waals surface area (Å²) in [5, 5.41) is 7.75. The lowest BCUT2D eigenvalue weighted by Gasteiger charge is -2.13. The van der Waals surface area contributed by atoms with Gasteiger partial charge in [-0.25, -0.2) is 4.98 Å². The van der Waals surface area contributed by atoms with Crippen LogP contribution in [0.4, 0.5) is 0 Å². The first-order valence-electron chi connectivity index (χ1n) is 10.6. The molecule has 0 radical (unpaired) electrons. The van der Waals surface area contributed by atoms with Crippen LogP contribution >= 0.6 is 0 Å². The number of rotatable bonds is 5. The lowest BCUT2D eigenvalue weighted by atomic mass is 10.1. The average Bonchev–Trinajstić information content (AvgIpc) is 3.45. The molecule has 1 amide bonds. The molecule has 1 fully saturated rings. The number of nitrogens with zero attached hydrogens (tertiary/aromatic N) is 5. The zero-order valence-corrected chi connectivity index (χ0v) is 17.6. The molecule has 4 aromatic rings. The number of amides is 1. The Morgan fingerprint density at radius 1 is 1.26 bits per heavy atom. The van der Waals surface area contributed by atoms with Crippen molar-refractivity contribution in [2.45, 2.75) is 58.7 Å². The minimum Gasteiger partial charge on any atom is -0.352 e. The fraction of sp³-hybridized carbons (Fsp3) is 0.409. The molecule has 0 bridgehead atoms. The Balaban J connectivity index is 1.60. The van der Waals surface area contributed by atoms with Crippen molar-refractivity contribution in [3.05, 3.63) is 52.2 Å². The standard InChI is InChI=1S/C22H24N6O3/c1-13-7-8-17-16(9-13)20-21(28(17)10-18(29)25-15-5-3-4-6-15)22(30)27(12-23-20)11-19-24-14(2)26-31-19/h7-9,12,15H,3-6,10-11H2,1-2H3,(H,25,29). The lowest BCUT2D eigenvalue weighted by molar-refractivity contribution is -0.122. The van der Waals surface area contributed by atoms with Gasteiger partial charge in [0.2, 0.25) is 11.8 Å². The van der Waals surface area contributed by atoms with Gasteiger partial charge >= 0.3 is 0 Å². The summed E-state index contributed by atoms with van der Waals surface area (Å²) in [7, 11) is 0. The Morgan fingerprint density at radius 3 is 2.81 bits per heavy atom. The molecule has 160 valence electrons. The first kappa shape index (κ1) is 19.5. The van der Waals surface area contributed by atoms with E-state index in [1.807, 2.05) is 25.1 Å². The molecule has 1 aliphatic rings. The van der Waals surface area contributed by atoms with E-state index in [1.165, 1.54) is 10.9 Å². The maximum absolute atomic E-state index is 13.4. The van der Waals surface area contributed by atoms with Crippen LogP contribution < -0.4 is 10.9 Å². The summed E-state index contributed by atoms with van der Waals surface area (Å²) in [6.45, 7) is 3.91. The van der Waals surface area contributed by atoms with E-state index in [4.69, 9.17) is 4.52 Å². The zero-order valence-electron chi connectivity index (χ0n) is 17.6. The molecular weight excluding hydrogens is 396 g/mol. The number of aromatic nitrogens is 5. The maximum Gasteiger partial charge on any atom is 0.278 e. The summed E-state index contributed by atoms with van der Waals surface area (Å²) in [4.78, 5) is 35.0. The number of carbonyl (C=O) groups excluding carboxylic acids is 1. The quantitative estimate of drug-likeness (QED) is 0.531. The van der Waals surface area contributed by atoms with Crippen LogP contribution in [-0.4, -0.2) is 36.2 Å². The summed E-state index contributed by atoms with van der Waals surface area (Å²) in [6.07, 6.45) is 5.80. The van der Waals surface area contributed by atoms with Gasteiger partial charge in [-0.3, -0.25) is 14.2 Å². The van der Waals surface area contributed by atoms with Gasteiger partial charge in [-0.1, -0.05) is 29.6 Å². The van der Waals surface area contributed by atoms with Crippen molar-refractivity contribution in [3.63, 3.8) is 0 Å². The highest BCUT2D eigenvalue weighted by atomic mass is 16.5. The Kier molecular flexibility index (Phi) is 4.80. The van der Waals surface area contributed by atoms with Crippen LogP contribution in [-0.2, 0) is 17.9 Å². The zero-order chi connectivity index (χ0) is 21.5. The number of hydrogen-bond donors (Lipinski definition) is 1. The molecule has 5 rings (SSSR count). The van der Waals surface area contributed by atoms with Gasteiger partial charge in [-0.05, 0) is 38.8 Å². The molecule has 3 aromatic heterocycles. The van der Waals surface area contributed by atoms with E-state index in [9.17, 15) is 9.59 Å². The number of fused-ring (bicyclic) bond motifs is 3. The van der Waals surface area contributed by atoms with Gasteiger partial charge in [0.05, 0.1) is 11.8 Å². The van der Waals surface area contributed by atoms with Crippen molar-refractivity contribution in [1.29, 1.82) is 0 Å². The van der Waals surface area contributed by atoms with Crippen LogP contribution in [0.5, 0.6) is 0 Å². The number of hydrogen-bond acceptors (Lipinski definition) is 6. The molecular formula is C22H24N6O3. The van der Waals surface area contributed by atoms with Crippen molar-refractivity contribution in [3.8, 4) is 0 Å². The van der Waals surface area contributed by atoms with E-state index in [0.717, 1.165) is 42.1 Å². The van der Waals surface area contributed by atoms with Gasteiger partial charge in [-0.2, -0.15) is 4.98 Å². The molecule has 1 aromatic carbocycles. The maximum atomic E-state index is 13.4. The second-order valence-corrected chi connectivity index (χ2v) is 8.27. The van der Waals surface area contributed by atoms with Gasteiger partial charge in [0.25, 0.3) is 5.56 Å². The van der Waals surface area contributed by atoms with Crippen LogP contribution in [0.15, 0.2) is 33.8 Å². The smallest absolute Gasteiger partial charge is 0.278 e. The van der Waals surface area contributed by atoms with Gasteiger partial charge in [0, 0.05) is 11.4 Å². The molecule has 9 nitrogen and oxygen atoms in total. The Labute approximate surface area is 178 Å². The van der Waals surface area contributed by atoms with Crippen LogP contribution in [0.1, 0.15) is 43.0 Å². The SMILES string of the molecule is Cc1ccc2c(c1)c1ncn(Cc3nc(C)no3)c(=O)c1n2CC(=O)NC1CCCC1. The molecule has 3 heterocycles. The molecule has 1 aliphatic carbocycles. The summed E-state index contributed by atoms with van der Waals surface area (Å²) < 4.78 is 8.37. The molecule has 0 aliphatic heterocycles. The molecule has 0 atom stereocenters. The summed E-state index contributed by atoms with van der Waals surface area (Å²) in [5.41, 5.74) is 2.63. The monoisotopic (exact) mass is 420 g/mol. The van der Waals surface area contributed by atoms with E-state index in [2.05, 4.69) is 20.4 Å². The predicted octanol–water partition coefficient (Wildman–Crippen LogP) is 2.46. The summed E-state index contributed by atoms with van der Waals surface area (Å²) in [5.74, 6) is 0.747. The topological polar surface area (TPSA) is 108 Å². The van der Waals surface area contributed by atoms with Crippen LogP contribution in [0, 0.1) is 13.8 Å². The highest BCUT2D eigenvalue weighted by Crippen LogP contribution is 2.26. The summed E-state index contributed by atoms with van der Waals surface area (Å²) >= 11 is 0. The third-order valence-corrected chi connectivity index (χ3v) is 5.88. The van der Waals surface area contributed by atoms with Gasteiger partial charge in [0.15, 0.2) is 5.82 Å². The van der Waals surface area contributed by atoms with Crippen LogP contribution in [0.25, 0.3) is 21.9 Å². The van der Waals surface area contributed by atoms with Crippen molar-refractivity contribution in [2.24, 2.45) is 0 Å². The minimum absolute atomic E-state index is 0.0696. The van der Waals surface area contributed by atoms with E-state index in [0.29, 0.717) is 22.7 Å². The van der Waals surface area contributed by atoms with Gasteiger partial charge < -0.3 is 14.4 Å². The van der Waals surface area contributed by atoms with Crippen molar-refractivity contribution in [2.75, 3.05) is 0 Å². The fourth-order valence-electron chi connectivity index (χ4n) is 4.43. The van der Waals surface area contributed by atoms with Crippen molar-refractivity contribution in [1.82, 2.24) is 29.6 Å². The van der Waals surface area contributed by atoms with Crippen LogP contribution in [0.3, 0.4) is 0 Å². The largest absolute Gasteiger partial charge is 0.352 e. The average molecular weight is 420 g/mol. The van der Waals surface area contributed by atoms with E-state index in [1.54, 1.807) is 11.5 Å². The predicted molar refractivity (Wildman–Crippen MR) is 115 cm³/mol. The van der Waals surface area contributed by atoms with Crippen molar-refractivity contribution >= 4 is 27.8 Å². The number of aryl methyl sites for hydroxylation is 2. The van der Waals surface area contributed by atoms with Gasteiger partial charge in [-0.15, -0.1) is 0 Å². The van der Waals surface area contributed by atoms with E-state index < -0.39 is 0 Å². The molecule has 0 spiro atoms. The minimum atomic E-state index is -0.247. The number of benzene rings is 1. The molecule has 31 heavy (non-hydrogen) atoms. The van der Waals surface area contributed by atoms with E-state index in [-0.39, 0.29) is 30.6 Å². The first-order chi connectivity index (χ1) is 15.0. The summed E-state index contributed by atoms with van der Waals surface area (Å²) in [6, 6.07) is 6.15. The van der Waals surface area contributed by atoms with E-state index >= 15 is 0 Å². The molecule has 1 N–H and O–H groups in total. The third kappa shape index (κ3) is 3.60. The fourth-order valence-corrected chi connectivity index (χ4v) is 4.43. The number of nitrogens with one attached hydrogen (secondary N) is 1.